The molecule has 0 spiro atoms. The molecule has 1 heterocycles. The summed E-state index contributed by atoms with van der Waals surface area (Å²) >= 11 is 0. The average Bonchev–Trinajstić information content (AvgIpc) is 3.01. The van der Waals surface area contributed by atoms with E-state index in [2.05, 4.69) is 21.5 Å². The molecule has 1 aromatic carbocycles. The minimum atomic E-state index is 1.05. The largest absolute Gasteiger partial charge is 0.375 e. The van der Waals surface area contributed by atoms with Crippen molar-refractivity contribution in [2.24, 2.45) is 5.10 Å². The lowest BCUT2D eigenvalue weighted by molar-refractivity contribution is 0.404. The molecule has 1 saturated heterocycles. The first-order valence-corrected chi connectivity index (χ1v) is 7.25. The lowest BCUT2D eigenvalue weighted by Gasteiger charge is -2.24. The normalized spacial score (nSPS) is 21.6. The third-order valence-corrected chi connectivity index (χ3v) is 3.81. The van der Waals surface area contributed by atoms with Crippen LogP contribution in [0.4, 0.5) is 5.69 Å². The van der Waals surface area contributed by atoms with Gasteiger partial charge in [-0.3, -0.25) is 5.43 Å². The Hall–Kier alpha value is -1.77. The minimum absolute atomic E-state index is 1.05. The molecular weight excluding hydrogens is 234 g/mol. The van der Waals surface area contributed by atoms with E-state index in [1.54, 1.807) is 0 Å². The zero-order valence-corrected chi connectivity index (χ0v) is 11.3. The molecule has 1 N–H and O–H groups in total. The molecule has 0 saturated carbocycles. The molecular formula is C16H21N3. The van der Waals surface area contributed by atoms with Crippen LogP contribution in [0, 0.1) is 0 Å². The molecule has 1 aliphatic heterocycles. The SMILES string of the molecule is C1=C(N2CCCC2)CCC/C1=N\Nc1ccccc1. The summed E-state index contributed by atoms with van der Waals surface area (Å²) in [6, 6.07) is 10.1. The first-order chi connectivity index (χ1) is 9.42. The highest BCUT2D eigenvalue weighted by molar-refractivity contribution is 5.96. The molecule has 3 rings (SSSR count). The molecule has 3 nitrogen and oxygen atoms in total. The van der Waals surface area contributed by atoms with Crippen LogP contribution < -0.4 is 5.43 Å². The zero-order chi connectivity index (χ0) is 12.9. The fourth-order valence-corrected chi connectivity index (χ4v) is 2.78. The van der Waals surface area contributed by atoms with Crippen molar-refractivity contribution in [1.82, 2.24) is 4.90 Å². The van der Waals surface area contributed by atoms with Crippen molar-refractivity contribution in [2.45, 2.75) is 32.1 Å². The number of benzene rings is 1. The van der Waals surface area contributed by atoms with Gasteiger partial charge in [-0.25, -0.2) is 0 Å². The van der Waals surface area contributed by atoms with E-state index in [4.69, 9.17) is 0 Å². The number of para-hydroxylation sites is 1. The van der Waals surface area contributed by atoms with Gasteiger partial charge in [-0.2, -0.15) is 5.10 Å². The van der Waals surface area contributed by atoms with Crippen molar-refractivity contribution >= 4 is 11.4 Å². The van der Waals surface area contributed by atoms with Crippen LogP contribution in [0.2, 0.25) is 0 Å². The Morgan fingerprint density at radius 1 is 0.947 bits per heavy atom. The molecule has 0 atom stereocenters. The van der Waals surface area contributed by atoms with Gasteiger partial charge in [0.1, 0.15) is 0 Å². The van der Waals surface area contributed by atoms with Crippen LogP contribution in [0.25, 0.3) is 0 Å². The molecule has 100 valence electrons. The van der Waals surface area contributed by atoms with Crippen LogP contribution in [0.15, 0.2) is 47.2 Å². The van der Waals surface area contributed by atoms with Gasteiger partial charge < -0.3 is 4.90 Å². The number of likely N-dealkylation sites (tertiary alicyclic amines) is 1. The number of allylic oxidation sites excluding steroid dienone is 2. The van der Waals surface area contributed by atoms with Gasteiger partial charge in [0.15, 0.2) is 0 Å². The topological polar surface area (TPSA) is 27.6 Å². The van der Waals surface area contributed by atoms with E-state index in [9.17, 15) is 0 Å². The van der Waals surface area contributed by atoms with Crippen LogP contribution >= 0.6 is 0 Å². The standard InChI is InChI=1S/C16H21N3/c1-2-7-14(8-3-1)17-18-15-9-6-10-16(13-15)19-11-4-5-12-19/h1-3,7-8,13,17H,4-6,9-12H2/b18-15+. The van der Waals surface area contributed by atoms with Crippen LogP contribution in [0.5, 0.6) is 0 Å². The number of nitrogens with zero attached hydrogens (tertiary/aromatic N) is 2. The number of rotatable bonds is 3. The second-order valence-electron chi connectivity index (χ2n) is 5.26. The Morgan fingerprint density at radius 2 is 1.74 bits per heavy atom. The van der Waals surface area contributed by atoms with E-state index in [-0.39, 0.29) is 0 Å². The molecule has 0 amide bonds. The summed E-state index contributed by atoms with van der Waals surface area (Å²) < 4.78 is 0. The van der Waals surface area contributed by atoms with Crippen LogP contribution in [0.3, 0.4) is 0 Å². The maximum atomic E-state index is 4.54. The fraction of sp³-hybridized carbons (Fsp3) is 0.438. The highest BCUT2D eigenvalue weighted by Gasteiger charge is 2.18. The van der Waals surface area contributed by atoms with Gasteiger partial charge in [-0.15, -0.1) is 0 Å². The van der Waals surface area contributed by atoms with Crippen molar-refractivity contribution in [3.63, 3.8) is 0 Å². The second kappa shape index (κ2) is 5.91. The smallest absolute Gasteiger partial charge is 0.0624 e. The summed E-state index contributed by atoms with van der Waals surface area (Å²) in [6.07, 6.45) is 8.47. The highest BCUT2D eigenvalue weighted by atomic mass is 15.3. The van der Waals surface area contributed by atoms with Crippen LogP contribution in [0.1, 0.15) is 32.1 Å². The molecule has 3 heteroatoms. The van der Waals surface area contributed by atoms with Gasteiger partial charge >= 0.3 is 0 Å². The number of hydrogen-bond donors (Lipinski definition) is 1. The summed E-state index contributed by atoms with van der Waals surface area (Å²) in [4.78, 5) is 2.52. The van der Waals surface area contributed by atoms with E-state index in [1.165, 1.54) is 50.2 Å². The van der Waals surface area contributed by atoms with Crippen molar-refractivity contribution in [1.29, 1.82) is 0 Å². The van der Waals surface area contributed by atoms with Gasteiger partial charge in [0.05, 0.1) is 11.4 Å². The zero-order valence-electron chi connectivity index (χ0n) is 11.3. The van der Waals surface area contributed by atoms with Gasteiger partial charge in [0.25, 0.3) is 0 Å². The van der Waals surface area contributed by atoms with Gasteiger partial charge in [0, 0.05) is 18.8 Å². The molecule has 2 aliphatic rings. The average molecular weight is 255 g/mol. The Kier molecular flexibility index (Phi) is 3.82. The van der Waals surface area contributed by atoms with E-state index >= 15 is 0 Å². The summed E-state index contributed by atoms with van der Waals surface area (Å²) in [5.74, 6) is 0. The number of hydrogen-bond acceptors (Lipinski definition) is 3. The number of hydrazone groups is 1. The molecule has 0 aromatic heterocycles. The maximum absolute atomic E-state index is 4.54. The molecule has 0 radical (unpaired) electrons. The quantitative estimate of drug-likeness (QED) is 0.835. The summed E-state index contributed by atoms with van der Waals surface area (Å²) in [7, 11) is 0. The Labute approximate surface area is 115 Å². The molecule has 1 aliphatic carbocycles. The van der Waals surface area contributed by atoms with E-state index < -0.39 is 0 Å². The van der Waals surface area contributed by atoms with E-state index in [0.717, 1.165) is 12.1 Å². The Bertz CT molecular complexity index is 470. The predicted octanol–water partition coefficient (Wildman–Crippen LogP) is 3.62. The lowest BCUT2D eigenvalue weighted by Crippen LogP contribution is -2.22. The van der Waals surface area contributed by atoms with E-state index in [1.807, 2.05) is 30.3 Å². The molecule has 0 unspecified atom stereocenters. The predicted molar refractivity (Wildman–Crippen MR) is 80.2 cm³/mol. The maximum Gasteiger partial charge on any atom is 0.0624 e. The molecule has 1 aromatic rings. The van der Waals surface area contributed by atoms with Crippen LogP contribution in [-0.4, -0.2) is 23.7 Å². The third-order valence-electron chi connectivity index (χ3n) is 3.81. The first-order valence-electron chi connectivity index (χ1n) is 7.25. The van der Waals surface area contributed by atoms with Crippen molar-refractivity contribution in [3.8, 4) is 0 Å². The molecule has 19 heavy (non-hydrogen) atoms. The Balaban J connectivity index is 1.68. The van der Waals surface area contributed by atoms with Gasteiger partial charge in [-0.1, -0.05) is 18.2 Å². The number of nitrogens with one attached hydrogen (secondary N) is 1. The number of anilines is 1. The van der Waals surface area contributed by atoms with Gasteiger partial charge in [0.2, 0.25) is 0 Å². The second-order valence-corrected chi connectivity index (χ2v) is 5.26. The lowest BCUT2D eigenvalue weighted by atomic mass is 10.0. The van der Waals surface area contributed by atoms with E-state index in [0.29, 0.717) is 0 Å². The minimum Gasteiger partial charge on any atom is -0.375 e. The Morgan fingerprint density at radius 3 is 2.53 bits per heavy atom. The molecule has 0 bridgehead atoms. The summed E-state index contributed by atoms with van der Waals surface area (Å²) in [5, 5.41) is 4.54. The van der Waals surface area contributed by atoms with Crippen molar-refractivity contribution in [2.75, 3.05) is 18.5 Å². The monoisotopic (exact) mass is 255 g/mol. The van der Waals surface area contributed by atoms with Crippen molar-refractivity contribution in [3.05, 3.63) is 42.1 Å². The summed E-state index contributed by atoms with van der Waals surface area (Å²) in [6.45, 7) is 2.45. The summed E-state index contributed by atoms with van der Waals surface area (Å²) in [5.41, 5.74) is 6.86. The fourth-order valence-electron chi connectivity index (χ4n) is 2.78. The highest BCUT2D eigenvalue weighted by Crippen LogP contribution is 2.23. The van der Waals surface area contributed by atoms with Gasteiger partial charge in [-0.05, 0) is 50.3 Å². The first kappa shape index (κ1) is 12.3. The van der Waals surface area contributed by atoms with Crippen LogP contribution in [-0.2, 0) is 0 Å². The van der Waals surface area contributed by atoms with Crippen molar-refractivity contribution < 1.29 is 0 Å². The third kappa shape index (κ3) is 3.16. The molecule has 1 fully saturated rings.